The van der Waals surface area contributed by atoms with Crippen LogP contribution in [0.1, 0.15) is 28.9 Å². The predicted octanol–water partition coefficient (Wildman–Crippen LogP) is 3.91. The van der Waals surface area contributed by atoms with Gasteiger partial charge in [0.1, 0.15) is 5.75 Å². The number of nitrogens with one attached hydrogen (secondary N) is 1. The molecule has 3 rings (SSSR count). The van der Waals surface area contributed by atoms with E-state index in [1.807, 2.05) is 49.4 Å². The summed E-state index contributed by atoms with van der Waals surface area (Å²) in [6.07, 6.45) is 0.714. The number of benzene rings is 3. The van der Waals surface area contributed by atoms with Gasteiger partial charge in [-0.1, -0.05) is 54.6 Å². The van der Waals surface area contributed by atoms with Gasteiger partial charge in [0.2, 0.25) is 0 Å². The van der Waals surface area contributed by atoms with E-state index in [0.29, 0.717) is 17.6 Å². The molecule has 126 valence electrons. The Bertz CT molecular complexity index is 899. The van der Waals surface area contributed by atoms with Gasteiger partial charge in [-0.15, -0.1) is 0 Å². The highest BCUT2D eigenvalue weighted by molar-refractivity contribution is 5.87. The first-order valence-electron chi connectivity index (χ1n) is 8.13. The zero-order valence-electron chi connectivity index (χ0n) is 13.9. The summed E-state index contributed by atoms with van der Waals surface area (Å²) in [5.74, 6) is 0.173. The fourth-order valence-corrected chi connectivity index (χ4v) is 2.84. The third-order valence-electron chi connectivity index (χ3n) is 4.07. The lowest BCUT2D eigenvalue weighted by Crippen LogP contribution is -2.31. The van der Waals surface area contributed by atoms with Crippen molar-refractivity contribution in [2.45, 2.75) is 13.0 Å². The second kappa shape index (κ2) is 7.62. The van der Waals surface area contributed by atoms with E-state index in [0.717, 1.165) is 16.3 Å². The average Bonchev–Trinajstić information content (AvgIpc) is 2.66. The molecule has 0 fully saturated rings. The first-order chi connectivity index (χ1) is 12.2. The number of carbonyl (C=O) groups excluding carboxylic acids is 2. The highest BCUT2D eigenvalue weighted by Crippen LogP contribution is 2.24. The van der Waals surface area contributed by atoms with Crippen LogP contribution < -0.4 is 10.1 Å². The predicted molar refractivity (Wildman–Crippen MR) is 97.8 cm³/mol. The molecule has 0 heterocycles. The Morgan fingerprint density at radius 3 is 2.60 bits per heavy atom. The van der Waals surface area contributed by atoms with Gasteiger partial charge >= 0.3 is 0 Å². The first-order valence-corrected chi connectivity index (χ1v) is 8.13. The lowest BCUT2D eigenvalue weighted by Gasteiger charge is -2.17. The van der Waals surface area contributed by atoms with Gasteiger partial charge in [-0.3, -0.25) is 9.59 Å². The summed E-state index contributed by atoms with van der Waals surface area (Å²) in [5.41, 5.74) is 1.48. The van der Waals surface area contributed by atoms with Crippen LogP contribution in [-0.2, 0) is 4.79 Å². The van der Waals surface area contributed by atoms with Gasteiger partial charge in [0.05, 0.1) is 11.6 Å². The Morgan fingerprint density at radius 1 is 1.04 bits per heavy atom. The van der Waals surface area contributed by atoms with E-state index in [1.165, 1.54) is 0 Å². The maximum atomic E-state index is 12.2. The summed E-state index contributed by atoms with van der Waals surface area (Å²) in [5, 5.41) is 5.20. The summed E-state index contributed by atoms with van der Waals surface area (Å²) in [6.45, 7) is 1.80. The van der Waals surface area contributed by atoms with Crippen LogP contribution in [0, 0.1) is 0 Å². The maximum Gasteiger partial charge on any atom is 0.258 e. The van der Waals surface area contributed by atoms with Gasteiger partial charge in [-0.2, -0.15) is 0 Å². The molecule has 0 saturated heterocycles. The van der Waals surface area contributed by atoms with E-state index in [2.05, 4.69) is 5.32 Å². The Morgan fingerprint density at radius 2 is 1.76 bits per heavy atom. The third kappa shape index (κ3) is 3.86. The van der Waals surface area contributed by atoms with Gasteiger partial charge < -0.3 is 10.1 Å². The second-order valence-electron chi connectivity index (χ2n) is 5.80. The highest BCUT2D eigenvalue weighted by atomic mass is 16.5. The van der Waals surface area contributed by atoms with Crippen LogP contribution >= 0.6 is 0 Å². The summed E-state index contributed by atoms with van der Waals surface area (Å²) in [7, 11) is 0. The molecule has 25 heavy (non-hydrogen) atoms. The number of carbonyl (C=O) groups is 2. The number of hydrogen-bond acceptors (Lipinski definition) is 3. The van der Waals surface area contributed by atoms with Crippen molar-refractivity contribution in [1.82, 2.24) is 5.32 Å². The minimum Gasteiger partial charge on any atom is -0.483 e. The fraction of sp³-hybridized carbons (Fsp3) is 0.143. The molecule has 0 aliphatic heterocycles. The summed E-state index contributed by atoms with van der Waals surface area (Å²) < 4.78 is 5.47. The van der Waals surface area contributed by atoms with E-state index >= 15 is 0 Å². The minimum absolute atomic E-state index is 0.139. The fourth-order valence-electron chi connectivity index (χ4n) is 2.84. The van der Waals surface area contributed by atoms with Gasteiger partial charge in [0.25, 0.3) is 5.91 Å². The number of hydrogen-bond donors (Lipinski definition) is 1. The summed E-state index contributed by atoms with van der Waals surface area (Å²) >= 11 is 0. The van der Waals surface area contributed by atoms with E-state index in [-0.39, 0.29) is 18.6 Å². The van der Waals surface area contributed by atoms with Gasteiger partial charge in [0, 0.05) is 0 Å². The average molecular weight is 333 g/mol. The molecule has 3 aromatic rings. The molecule has 0 bridgehead atoms. The van der Waals surface area contributed by atoms with E-state index < -0.39 is 0 Å². The zero-order chi connectivity index (χ0) is 17.6. The molecule has 0 aliphatic carbocycles. The van der Waals surface area contributed by atoms with Crippen LogP contribution in [0.25, 0.3) is 10.8 Å². The third-order valence-corrected chi connectivity index (χ3v) is 4.07. The quantitative estimate of drug-likeness (QED) is 0.696. The number of para-hydroxylation sites is 1. The van der Waals surface area contributed by atoms with Crippen molar-refractivity contribution < 1.29 is 14.3 Å². The Labute approximate surface area is 146 Å². The number of rotatable bonds is 6. The molecule has 1 atom stereocenters. The maximum absolute atomic E-state index is 12.2. The molecule has 1 amide bonds. The molecule has 4 nitrogen and oxygen atoms in total. The highest BCUT2D eigenvalue weighted by Gasteiger charge is 2.13. The second-order valence-corrected chi connectivity index (χ2v) is 5.80. The van der Waals surface area contributed by atoms with Crippen LogP contribution in [0.2, 0.25) is 0 Å². The number of aldehydes is 1. The van der Waals surface area contributed by atoms with Crippen LogP contribution in [0.3, 0.4) is 0 Å². The minimum atomic E-state index is -0.235. The molecule has 4 heteroatoms. The van der Waals surface area contributed by atoms with Crippen LogP contribution in [0.4, 0.5) is 0 Å². The van der Waals surface area contributed by atoms with Gasteiger partial charge in [0.15, 0.2) is 12.9 Å². The van der Waals surface area contributed by atoms with E-state index in [4.69, 9.17) is 4.74 Å². The van der Waals surface area contributed by atoms with Crippen molar-refractivity contribution in [1.29, 1.82) is 0 Å². The molecule has 0 unspecified atom stereocenters. The molecular weight excluding hydrogens is 314 g/mol. The lowest BCUT2D eigenvalue weighted by molar-refractivity contribution is -0.123. The van der Waals surface area contributed by atoms with Crippen LogP contribution in [0.15, 0.2) is 66.7 Å². The first kappa shape index (κ1) is 16.7. The van der Waals surface area contributed by atoms with Crippen LogP contribution in [-0.4, -0.2) is 18.8 Å². The molecule has 0 spiro atoms. The molecule has 0 aliphatic rings. The topological polar surface area (TPSA) is 55.4 Å². The van der Waals surface area contributed by atoms with Crippen molar-refractivity contribution in [3.63, 3.8) is 0 Å². The van der Waals surface area contributed by atoms with Gasteiger partial charge in [-0.05, 0) is 35.4 Å². The molecule has 0 saturated carbocycles. The molecule has 3 aromatic carbocycles. The van der Waals surface area contributed by atoms with Crippen molar-refractivity contribution >= 4 is 23.0 Å². The van der Waals surface area contributed by atoms with Crippen molar-refractivity contribution in [3.8, 4) is 5.75 Å². The largest absolute Gasteiger partial charge is 0.483 e. The lowest BCUT2D eigenvalue weighted by atomic mass is 10.00. The number of amides is 1. The SMILES string of the molecule is C[C@H](NC(=O)COc1ccccc1C=O)c1cccc2ccccc12. The number of ether oxygens (including phenoxy) is 1. The van der Waals surface area contributed by atoms with Crippen LogP contribution in [0.5, 0.6) is 5.75 Å². The van der Waals surface area contributed by atoms with Crippen molar-refractivity contribution in [2.75, 3.05) is 6.61 Å². The molecule has 0 aromatic heterocycles. The normalized spacial score (nSPS) is 11.7. The van der Waals surface area contributed by atoms with E-state index in [9.17, 15) is 9.59 Å². The Balaban J connectivity index is 1.67. The summed E-state index contributed by atoms with van der Waals surface area (Å²) in [4.78, 5) is 23.2. The monoisotopic (exact) mass is 333 g/mol. The molecule has 0 radical (unpaired) electrons. The van der Waals surface area contributed by atoms with Gasteiger partial charge in [-0.25, -0.2) is 0 Å². The Kier molecular flexibility index (Phi) is 5.09. The van der Waals surface area contributed by atoms with Crippen molar-refractivity contribution in [2.24, 2.45) is 0 Å². The van der Waals surface area contributed by atoms with E-state index in [1.54, 1.807) is 24.3 Å². The molecule has 1 N–H and O–H groups in total. The summed E-state index contributed by atoms with van der Waals surface area (Å²) in [6, 6.07) is 20.8. The standard InChI is InChI=1S/C21H19NO3/c1-15(18-11-6-9-16-7-2-4-10-19(16)18)22-21(24)14-25-20-12-5-3-8-17(20)13-23/h2-13,15H,14H2,1H3,(H,22,24)/t15-/m0/s1. The zero-order valence-corrected chi connectivity index (χ0v) is 13.9. The Hall–Kier alpha value is -3.14. The number of fused-ring (bicyclic) bond motifs is 1. The smallest absolute Gasteiger partial charge is 0.258 e. The van der Waals surface area contributed by atoms with Crippen molar-refractivity contribution in [3.05, 3.63) is 77.9 Å². The molecular formula is C21H19NO3.